The van der Waals surface area contributed by atoms with Crippen LogP contribution in [0.4, 0.5) is 9.18 Å². The quantitative estimate of drug-likeness (QED) is 0.672. The number of nitrogens with one attached hydrogen (secondary N) is 2. The average molecular weight is 416 g/mol. The van der Waals surface area contributed by atoms with Gasteiger partial charge in [-0.15, -0.1) is 0 Å². The molecule has 30 heavy (non-hydrogen) atoms. The lowest BCUT2D eigenvalue weighted by atomic mass is 9.83. The van der Waals surface area contributed by atoms with Crippen molar-refractivity contribution in [3.05, 3.63) is 59.3 Å². The van der Waals surface area contributed by atoms with Gasteiger partial charge in [0.2, 0.25) is 5.91 Å². The van der Waals surface area contributed by atoms with E-state index < -0.39 is 0 Å². The van der Waals surface area contributed by atoms with Crippen LogP contribution in [-0.2, 0) is 11.3 Å². The van der Waals surface area contributed by atoms with Gasteiger partial charge in [-0.3, -0.25) is 4.79 Å². The maximum absolute atomic E-state index is 13.7. The normalized spacial score (nSPS) is 18.8. The summed E-state index contributed by atoms with van der Waals surface area (Å²) < 4.78 is 19.0. The first-order valence-corrected chi connectivity index (χ1v) is 10.6. The minimum Gasteiger partial charge on any atom is -0.467 e. The largest absolute Gasteiger partial charge is 0.467 e. The maximum Gasteiger partial charge on any atom is 0.317 e. The second kappa shape index (κ2) is 10.3. The Morgan fingerprint density at radius 1 is 1.23 bits per heavy atom. The van der Waals surface area contributed by atoms with Gasteiger partial charge in [0.05, 0.1) is 18.7 Å². The van der Waals surface area contributed by atoms with Crippen molar-refractivity contribution in [2.24, 2.45) is 5.92 Å². The molecule has 2 aromatic rings. The van der Waals surface area contributed by atoms with Gasteiger partial charge in [-0.25, -0.2) is 9.18 Å². The Balaban J connectivity index is 1.72. The summed E-state index contributed by atoms with van der Waals surface area (Å²) in [5, 5.41) is 5.85. The zero-order valence-corrected chi connectivity index (χ0v) is 17.6. The van der Waals surface area contributed by atoms with E-state index in [9.17, 15) is 14.0 Å². The SMILES string of the molecule is CCCCNC(=O)N1C[C@@H](C(=O)NCc2ccco2)C[C@@H](c2ccc(F)c(C)c2)C1. The molecule has 1 aromatic heterocycles. The van der Waals surface area contributed by atoms with Crippen LogP contribution in [0.25, 0.3) is 0 Å². The number of hydrogen-bond acceptors (Lipinski definition) is 3. The molecule has 6 nitrogen and oxygen atoms in total. The Hall–Kier alpha value is -2.83. The van der Waals surface area contributed by atoms with E-state index in [0.717, 1.165) is 18.4 Å². The lowest BCUT2D eigenvalue weighted by Gasteiger charge is -2.37. The predicted molar refractivity (Wildman–Crippen MR) is 112 cm³/mol. The molecule has 2 atom stereocenters. The predicted octanol–water partition coefficient (Wildman–Crippen LogP) is 3.96. The molecule has 1 fully saturated rings. The number of amides is 3. The molecule has 1 aliphatic heterocycles. The van der Waals surface area contributed by atoms with E-state index in [1.54, 1.807) is 36.3 Å². The molecule has 3 rings (SSSR count). The minimum absolute atomic E-state index is 0.0330. The molecule has 2 N–H and O–H groups in total. The third kappa shape index (κ3) is 5.62. The van der Waals surface area contributed by atoms with E-state index in [-0.39, 0.29) is 29.6 Å². The summed E-state index contributed by atoms with van der Waals surface area (Å²) in [5.74, 6) is -0.0628. The van der Waals surface area contributed by atoms with Crippen LogP contribution < -0.4 is 10.6 Å². The first-order valence-electron chi connectivity index (χ1n) is 10.6. The van der Waals surface area contributed by atoms with E-state index in [4.69, 9.17) is 4.42 Å². The van der Waals surface area contributed by atoms with E-state index in [1.165, 1.54) is 6.07 Å². The Labute approximate surface area is 176 Å². The molecule has 7 heteroatoms. The molecule has 0 bridgehead atoms. The summed E-state index contributed by atoms with van der Waals surface area (Å²) in [6.45, 7) is 5.58. The van der Waals surface area contributed by atoms with Crippen LogP contribution in [0.5, 0.6) is 0 Å². The molecule has 2 heterocycles. The van der Waals surface area contributed by atoms with E-state index in [0.29, 0.717) is 43.9 Å². The van der Waals surface area contributed by atoms with Crippen LogP contribution in [0.3, 0.4) is 0 Å². The monoisotopic (exact) mass is 415 g/mol. The molecular weight excluding hydrogens is 385 g/mol. The van der Waals surface area contributed by atoms with Crippen molar-refractivity contribution in [1.82, 2.24) is 15.5 Å². The van der Waals surface area contributed by atoms with Crippen molar-refractivity contribution in [3.63, 3.8) is 0 Å². The summed E-state index contributed by atoms with van der Waals surface area (Å²) >= 11 is 0. The first-order chi connectivity index (χ1) is 14.5. The number of urea groups is 1. The first kappa shape index (κ1) is 21.9. The van der Waals surface area contributed by atoms with Gasteiger partial charge in [0.25, 0.3) is 0 Å². The number of unbranched alkanes of at least 4 members (excludes halogenated alkanes) is 1. The standard InChI is InChI=1S/C23H30FN3O3/c1-3-4-9-25-23(29)27-14-18(17-7-8-21(24)16(2)11-17)12-19(15-27)22(28)26-13-20-6-5-10-30-20/h5-8,10-11,18-19H,3-4,9,12-15H2,1-2H3,(H,25,29)(H,26,28)/t18-,19+/m1/s1. The Morgan fingerprint density at radius 3 is 2.77 bits per heavy atom. The Bertz CT molecular complexity index is 853. The number of rotatable bonds is 7. The molecule has 1 aromatic carbocycles. The zero-order valence-electron chi connectivity index (χ0n) is 17.6. The van der Waals surface area contributed by atoms with Crippen molar-refractivity contribution in [1.29, 1.82) is 0 Å². The lowest BCUT2D eigenvalue weighted by molar-refractivity contribution is -0.126. The summed E-state index contributed by atoms with van der Waals surface area (Å²) in [7, 11) is 0. The van der Waals surface area contributed by atoms with Gasteiger partial charge < -0.3 is 20.0 Å². The van der Waals surface area contributed by atoms with Gasteiger partial charge >= 0.3 is 6.03 Å². The van der Waals surface area contributed by atoms with E-state index in [2.05, 4.69) is 17.6 Å². The second-order valence-electron chi connectivity index (χ2n) is 7.93. The number of furan rings is 1. The van der Waals surface area contributed by atoms with Crippen molar-refractivity contribution in [3.8, 4) is 0 Å². The summed E-state index contributed by atoms with van der Waals surface area (Å²) in [4.78, 5) is 27.2. The highest BCUT2D eigenvalue weighted by Crippen LogP contribution is 2.31. The molecule has 0 saturated carbocycles. The average Bonchev–Trinajstić information content (AvgIpc) is 3.27. The Kier molecular flexibility index (Phi) is 7.49. The Morgan fingerprint density at radius 2 is 2.07 bits per heavy atom. The van der Waals surface area contributed by atoms with Crippen LogP contribution in [0.1, 0.15) is 49.0 Å². The molecular formula is C23H30FN3O3. The summed E-state index contributed by atoms with van der Waals surface area (Å²) in [6, 6.07) is 8.45. The van der Waals surface area contributed by atoms with Gasteiger partial charge in [0.1, 0.15) is 11.6 Å². The van der Waals surface area contributed by atoms with Gasteiger partial charge in [-0.1, -0.05) is 25.5 Å². The van der Waals surface area contributed by atoms with Crippen LogP contribution in [0.15, 0.2) is 41.0 Å². The fourth-order valence-electron chi connectivity index (χ4n) is 3.83. The fraction of sp³-hybridized carbons (Fsp3) is 0.478. The zero-order chi connectivity index (χ0) is 21.5. The van der Waals surface area contributed by atoms with Crippen LogP contribution in [-0.4, -0.2) is 36.5 Å². The molecule has 0 radical (unpaired) electrons. The molecule has 1 saturated heterocycles. The summed E-state index contributed by atoms with van der Waals surface area (Å²) in [6.07, 6.45) is 4.08. The number of nitrogens with zero attached hydrogens (tertiary/aromatic N) is 1. The van der Waals surface area contributed by atoms with Crippen molar-refractivity contribution in [2.45, 2.75) is 45.6 Å². The molecule has 3 amide bonds. The van der Waals surface area contributed by atoms with E-state index >= 15 is 0 Å². The van der Waals surface area contributed by atoms with Crippen molar-refractivity contribution < 1.29 is 18.4 Å². The number of piperidine rings is 1. The number of carbonyl (C=O) groups is 2. The highest BCUT2D eigenvalue weighted by Gasteiger charge is 2.34. The third-order valence-electron chi connectivity index (χ3n) is 5.59. The highest BCUT2D eigenvalue weighted by atomic mass is 19.1. The van der Waals surface area contributed by atoms with E-state index in [1.807, 2.05) is 6.07 Å². The molecule has 0 unspecified atom stereocenters. The number of halogens is 1. The van der Waals surface area contributed by atoms with Gasteiger partial charge in [0, 0.05) is 25.6 Å². The van der Waals surface area contributed by atoms with Gasteiger partial charge in [0.15, 0.2) is 0 Å². The number of hydrogen-bond donors (Lipinski definition) is 2. The highest BCUT2D eigenvalue weighted by molar-refractivity contribution is 5.81. The molecule has 0 aliphatic carbocycles. The van der Waals surface area contributed by atoms with Crippen molar-refractivity contribution >= 4 is 11.9 Å². The molecule has 162 valence electrons. The van der Waals surface area contributed by atoms with Gasteiger partial charge in [-0.05, 0) is 49.1 Å². The third-order valence-corrected chi connectivity index (χ3v) is 5.59. The fourth-order valence-corrected chi connectivity index (χ4v) is 3.83. The topological polar surface area (TPSA) is 74.6 Å². The number of benzene rings is 1. The summed E-state index contributed by atoms with van der Waals surface area (Å²) in [5.41, 5.74) is 1.51. The van der Waals surface area contributed by atoms with Crippen molar-refractivity contribution in [2.75, 3.05) is 19.6 Å². The molecule has 1 aliphatic rings. The number of likely N-dealkylation sites (tertiary alicyclic amines) is 1. The lowest BCUT2D eigenvalue weighted by Crippen LogP contribution is -2.51. The van der Waals surface area contributed by atoms with Crippen LogP contribution >= 0.6 is 0 Å². The smallest absolute Gasteiger partial charge is 0.317 e. The van der Waals surface area contributed by atoms with Crippen LogP contribution in [0, 0.1) is 18.7 Å². The van der Waals surface area contributed by atoms with Crippen LogP contribution in [0.2, 0.25) is 0 Å². The maximum atomic E-state index is 13.7. The molecule has 0 spiro atoms. The number of carbonyl (C=O) groups excluding carboxylic acids is 2. The number of aryl methyl sites for hydroxylation is 1. The second-order valence-corrected chi connectivity index (χ2v) is 7.93. The van der Waals surface area contributed by atoms with Gasteiger partial charge in [-0.2, -0.15) is 0 Å². The minimum atomic E-state index is -0.346.